The Hall–Kier alpha value is -1.55. The quantitative estimate of drug-likeness (QED) is 0.815. The molecule has 0 saturated heterocycles. The molecule has 0 spiro atoms. The number of hydrogen-bond donors (Lipinski definition) is 0. The van der Waals surface area contributed by atoms with Crippen molar-refractivity contribution in [1.82, 2.24) is 9.97 Å². The summed E-state index contributed by atoms with van der Waals surface area (Å²) in [5.41, 5.74) is 1.57. The highest BCUT2D eigenvalue weighted by atomic mass is 32.2. The van der Waals surface area contributed by atoms with Crippen molar-refractivity contribution in [2.24, 2.45) is 0 Å². The van der Waals surface area contributed by atoms with Gasteiger partial charge in [0.15, 0.2) is 0 Å². The van der Waals surface area contributed by atoms with Gasteiger partial charge in [0.25, 0.3) is 0 Å². The van der Waals surface area contributed by atoms with E-state index < -0.39 is 10.8 Å². The molecule has 16 heavy (non-hydrogen) atoms. The standard InChI is InChI=1S/C12H12N2OS/c1-2-16(15)12-8-5-7-11(14-12)10-6-3-4-9-13-10/h3-9H,2H2,1H3/t16-/m1/s1. The summed E-state index contributed by atoms with van der Waals surface area (Å²) in [6.45, 7) is 1.88. The molecule has 0 bridgehead atoms. The molecular formula is C12H12N2OS. The van der Waals surface area contributed by atoms with Gasteiger partial charge in [0, 0.05) is 11.9 Å². The highest BCUT2D eigenvalue weighted by Crippen LogP contribution is 2.15. The monoisotopic (exact) mass is 232 g/mol. The van der Waals surface area contributed by atoms with Crippen molar-refractivity contribution in [3.8, 4) is 11.4 Å². The molecule has 0 aromatic carbocycles. The van der Waals surface area contributed by atoms with E-state index >= 15 is 0 Å². The Morgan fingerprint density at radius 3 is 2.62 bits per heavy atom. The van der Waals surface area contributed by atoms with Crippen LogP contribution in [0.5, 0.6) is 0 Å². The second-order valence-electron chi connectivity index (χ2n) is 3.21. The predicted molar refractivity (Wildman–Crippen MR) is 64.4 cm³/mol. The smallest absolute Gasteiger partial charge is 0.128 e. The van der Waals surface area contributed by atoms with Crippen LogP contribution in [-0.2, 0) is 10.8 Å². The van der Waals surface area contributed by atoms with Crippen LogP contribution in [0.15, 0.2) is 47.6 Å². The van der Waals surface area contributed by atoms with Gasteiger partial charge in [-0.15, -0.1) is 0 Å². The van der Waals surface area contributed by atoms with Crippen LogP contribution in [0, 0.1) is 0 Å². The fourth-order valence-corrected chi connectivity index (χ4v) is 2.07. The zero-order valence-corrected chi connectivity index (χ0v) is 9.78. The molecular weight excluding hydrogens is 220 g/mol. The first-order valence-corrected chi connectivity index (χ1v) is 6.40. The highest BCUT2D eigenvalue weighted by Gasteiger charge is 2.05. The van der Waals surface area contributed by atoms with Gasteiger partial charge in [0.2, 0.25) is 0 Å². The molecule has 1 atom stereocenters. The van der Waals surface area contributed by atoms with Gasteiger partial charge in [-0.2, -0.15) is 0 Å². The minimum absolute atomic E-state index is 0.582. The minimum Gasteiger partial charge on any atom is -0.255 e. The van der Waals surface area contributed by atoms with Crippen LogP contribution in [0.4, 0.5) is 0 Å². The average Bonchev–Trinajstić information content (AvgIpc) is 2.39. The first-order chi connectivity index (χ1) is 7.81. The fraction of sp³-hybridized carbons (Fsp3) is 0.167. The van der Waals surface area contributed by atoms with Crippen LogP contribution >= 0.6 is 0 Å². The summed E-state index contributed by atoms with van der Waals surface area (Å²) in [6.07, 6.45) is 1.72. The van der Waals surface area contributed by atoms with Crippen molar-refractivity contribution >= 4 is 10.8 Å². The maximum atomic E-state index is 11.6. The topological polar surface area (TPSA) is 42.9 Å². The molecule has 2 aromatic heterocycles. The number of rotatable bonds is 3. The highest BCUT2D eigenvalue weighted by molar-refractivity contribution is 7.84. The molecule has 0 N–H and O–H groups in total. The lowest BCUT2D eigenvalue weighted by Gasteiger charge is -2.02. The third-order valence-corrected chi connectivity index (χ3v) is 3.36. The van der Waals surface area contributed by atoms with Gasteiger partial charge < -0.3 is 0 Å². The van der Waals surface area contributed by atoms with Crippen molar-refractivity contribution in [2.75, 3.05) is 5.75 Å². The third kappa shape index (κ3) is 2.33. The first-order valence-electron chi connectivity index (χ1n) is 5.08. The van der Waals surface area contributed by atoms with Gasteiger partial charge in [-0.3, -0.25) is 9.19 Å². The van der Waals surface area contributed by atoms with Gasteiger partial charge in [-0.05, 0) is 24.3 Å². The van der Waals surface area contributed by atoms with Gasteiger partial charge in [0.05, 0.1) is 22.2 Å². The molecule has 3 nitrogen and oxygen atoms in total. The molecule has 0 radical (unpaired) electrons. The largest absolute Gasteiger partial charge is 0.255 e. The molecule has 0 aliphatic rings. The van der Waals surface area contributed by atoms with Gasteiger partial charge >= 0.3 is 0 Å². The van der Waals surface area contributed by atoms with Crippen molar-refractivity contribution in [2.45, 2.75) is 11.9 Å². The molecule has 2 rings (SSSR count). The zero-order valence-electron chi connectivity index (χ0n) is 8.96. The van der Waals surface area contributed by atoms with Crippen molar-refractivity contribution in [1.29, 1.82) is 0 Å². The Morgan fingerprint density at radius 1 is 1.12 bits per heavy atom. The van der Waals surface area contributed by atoms with Crippen molar-refractivity contribution < 1.29 is 4.21 Å². The van der Waals surface area contributed by atoms with Crippen LogP contribution in [0.25, 0.3) is 11.4 Å². The Morgan fingerprint density at radius 2 is 1.94 bits per heavy atom. The van der Waals surface area contributed by atoms with Crippen molar-refractivity contribution in [3.63, 3.8) is 0 Å². The molecule has 2 heterocycles. The SMILES string of the molecule is CC[S@@](=O)c1cccc(-c2ccccn2)n1. The molecule has 0 unspecified atom stereocenters. The van der Waals surface area contributed by atoms with E-state index in [1.807, 2.05) is 37.3 Å². The molecule has 4 heteroatoms. The first kappa shape index (κ1) is 11.0. The van der Waals surface area contributed by atoms with E-state index in [1.165, 1.54) is 0 Å². The van der Waals surface area contributed by atoms with Gasteiger partial charge in [0.1, 0.15) is 5.03 Å². The predicted octanol–water partition coefficient (Wildman–Crippen LogP) is 2.27. The van der Waals surface area contributed by atoms with Crippen LogP contribution in [0.1, 0.15) is 6.92 Å². The van der Waals surface area contributed by atoms with Crippen LogP contribution in [0.3, 0.4) is 0 Å². The zero-order chi connectivity index (χ0) is 11.4. The van der Waals surface area contributed by atoms with Crippen LogP contribution < -0.4 is 0 Å². The summed E-state index contributed by atoms with van der Waals surface area (Å²) in [5.74, 6) is 0.582. The maximum absolute atomic E-state index is 11.6. The minimum atomic E-state index is -1.01. The van der Waals surface area contributed by atoms with E-state index in [1.54, 1.807) is 12.3 Å². The molecule has 0 saturated carbocycles. The normalized spacial score (nSPS) is 12.3. The van der Waals surface area contributed by atoms with Crippen LogP contribution in [0.2, 0.25) is 0 Å². The summed E-state index contributed by atoms with van der Waals surface area (Å²) in [7, 11) is -1.01. The molecule has 0 fully saturated rings. The van der Waals surface area contributed by atoms with E-state index in [0.717, 1.165) is 11.4 Å². The number of hydrogen-bond acceptors (Lipinski definition) is 3. The Kier molecular flexibility index (Phi) is 3.41. The molecule has 0 amide bonds. The van der Waals surface area contributed by atoms with Gasteiger partial charge in [-0.1, -0.05) is 19.1 Å². The summed E-state index contributed by atoms with van der Waals surface area (Å²) >= 11 is 0. The molecule has 0 aliphatic carbocycles. The van der Waals surface area contributed by atoms with E-state index in [9.17, 15) is 4.21 Å². The lowest BCUT2D eigenvalue weighted by atomic mass is 10.2. The molecule has 2 aromatic rings. The number of nitrogens with zero attached hydrogens (tertiary/aromatic N) is 2. The average molecular weight is 232 g/mol. The summed E-state index contributed by atoms with van der Waals surface area (Å²) < 4.78 is 11.6. The second kappa shape index (κ2) is 4.99. The Balaban J connectivity index is 2.40. The Labute approximate surface area is 97.0 Å². The van der Waals surface area contributed by atoms with Gasteiger partial charge in [-0.25, -0.2) is 4.98 Å². The van der Waals surface area contributed by atoms with E-state index in [2.05, 4.69) is 9.97 Å². The Bertz CT molecular complexity index is 499. The summed E-state index contributed by atoms with van der Waals surface area (Å²) in [5, 5.41) is 0.616. The summed E-state index contributed by atoms with van der Waals surface area (Å²) in [6, 6.07) is 11.2. The van der Waals surface area contributed by atoms with Crippen LogP contribution in [-0.4, -0.2) is 19.9 Å². The number of aromatic nitrogens is 2. The van der Waals surface area contributed by atoms with E-state index in [0.29, 0.717) is 10.8 Å². The molecule has 82 valence electrons. The van der Waals surface area contributed by atoms with E-state index in [4.69, 9.17) is 0 Å². The second-order valence-corrected chi connectivity index (χ2v) is 4.90. The third-order valence-electron chi connectivity index (χ3n) is 2.15. The molecule has 0 aliphatic heterocycles. The maximum Gasteiger partial charge on any atom is 0.128 e. The van der Waals surface area contributed by atoms with E-state index in [-0.39, 0.29) is 0 Å². The van der Waals surface area contributed by atoms with Crippen molar-refractivity contribution in [3.05, 3.63) is 42.6 Å². The summed E-state index contributed by atoms with van der Waals surface area (Å²) in [4.78, 5) is 8.56. The lowest BCUT2D eigenvalue weighted by Crippen LogP contribution is -1.98. The fourth-order valence-electron chi connectivity index (χ4n) is 1.35. The number of pyridine rings is 2. The lowest BCUT2D eigenvalue weighted by molar-refractivity contribution is 0.681.